The minimum absolute atomic E-state index is 0.230. The van der Waals surface area contributed by atoms with Crippen molar-refractivity contribution in [1.29, 1.82) is 0 Å². The van der Waals surface area contributed by atoms with Crippen molar-refractivity contribution in [2.24, 2.45) is 0 Å². The van der Waals surface area contributed by atoms with Gasteiger partial charge in [-0.3, -0.25) is 0 Å². The molecule has 0 aliphatic carbocycles. The van der Waals surface area contributed by atoms with Gasteiger partial charge in [0.15, 0.2) is 0 Å². The molecule has 0 atom stereocenters. The zero-order valence-corrected chi connectivity index (χ0v) is 6.94. The van der Waals surface area contributed by atoms with E-state index in [1.54, 1.807) is 6.08 Å². The van der Waals surface area contributed by atoms with Crippen molar-refractivity contribution >= 4 is 18.7 Å². The highest BCUT2D eigenvalue weighted by molar-refractivity contribution is 7.79. The highest BCUT2D eigenvalue weighted by Gasteiger charge is 1.95. The van der Waals surface area contributed by atoms with Gasteiger partial charge in [-0.15, -0.1) is 0 Å². The van der Waals surface area contributed by atoms with E-state index in [9.17, 15) is 4.39 Å². The molecule has 0 radical (unpaired) electrons. The molecule has 0 aliphatic heterocycles. The van der Waals surface area contributed by atoms with Gasteiger partial charge in [-0.1, -0.05) is 18.7 Å². The van der Waals surface area contributed by atoms with Gasteiger partial charge in [0.25, 0.3) is 0 Å². The second kappa shape index (κ2) is 3.58. The number of halogens is 1. The Morgan fingerprint density at radius 2 is 2.18 bits per heavy atom. The van der Waals surface area contributed by atoms with Gasteiger partial charge in [0, 0.05) is 5.75 Å². The van der Waals surface area contributed by atoms with Gasteiger partial charge in [0.2, 0.25) is 0 Å². The third-order valence-electron chi connectivity index (χ3n) is 1.40. The van der Waals surface area contributed by atoms with E-state index in [4.69, 9.17) is 0 Å². The molecule has 11 heavy (non-hydrogen) atoms. The molecule has 0 spiro atoms. The number of hydrogen-bond acceptors (Lipinski definition) is 1. The number of hydrogen-bond donors (Lipinski definition) is 1. The molecule has 0 heterocycles. The molecule has 0 bridgehead atoms. The van der Waals surface area contributed by atoms with Crippen LogP contribution in [-0.4, -0.2) is 0 Å². The van der Waals surface area contributed by atoms with Crippen molar-refractivity contribution in [2.75, 3.05) is 0 Å². The van der Waals surface area contributed by atoms with Crippen molar-refractivity contribution in [3.8, 4) is 0 Å². The zero-order chi connectivity index (χ0) is 8.27. The van der Waals surface area contributed by atoms with Crippen molar-refractivity contribution in [1.82, 2.24) is 0 Å². The van der Waals surface area contributed by atoms with Crippen LogP contribution >= 0.6 is 12.6 Å². The predicted octanol–water partition coefficient (Wildman–Crippen LogP) is 2.90. The molecular weight excluding hydrogens is 159 g/mol. The maximum Gasteiger partial charge on any atom is 0.124 e. The van der Waals surface area contributed by atoms with E-state index in [0.717, 1.165) is 11.1 Å². The Morgan fingerprint density at radius 1 is 1.45 bits per heavy atom. The molecule has 58 valence electrons. The average Bonchev–Trinajstić information content (AvgIpc) is 2.03. The van der Waals surface area contributed by atoms with E-state index >= 15 is 0 Å². The summed E-state index contributed by atoms with van der Waals surface area (Å²) >= 11 is 4.04. The van der Waals surface area contributed by atoms with Crippen LogP contribution in [0.15, 0.2) is 24.8 Å². The second-order valence-electron chi connectivity index (χ2n) is 2.26. The van der Waals surface area contributed by atoms with Gasteiger partial charge < -0.3 is 0 Å². The molecule has 1 aromatic rings. The lowest BCUT2D eigenvalue weighted by Crippen LogP contribution is -1.83. The van der Waals surface area contributed by atoms with Crippen molar-refractivity contribution in [3.05, 3.63) is 41.7 Å². The van der Waals surface area contributed by atoms with Crippen LogP contribution in [0.2, 0.25) is 0 Å². The fourth-order valence-electron chi connectivity index (χ4n) is 0.885. The summed E-state index contributed by atoms with van der Waals surface area (Å²) < 4.78 is 12.7. The highest BCUT2D eigenvalue weighted by atomic mass is 32.1. The third-order valence-corrected chi connectivity index (χ3v) is 1.76. The summed E-state index contributed by atoms with van der Waals surface area (Å²) in [6.45, 7) is 3.56. The van der Waals surface area contributed by atoms with Crippen LogP contribution in [0.1, 0.15) is 11.1 Å². The van der Waals surface area contributed by atoms with Gasteiger partial charge in [-0.25, -0.2) is 4.39 Å². The minimum Gasteiger partial charge on any atom is -0.207 e. The van der Waals surface area contributed by atoms with E-state index in [-0.39, 0.29) is 5.82 Å². The van der Waals surface area contributed by atoms with Crippen LogP contribution in [0.5, 0.6) is 0 Å². The summed E-state index contributed by atoms with van der Waals surface area (Å²) in [4.78, 5) is 0. The average molecular weight is 168 g/mol. The maximum atomic E-state index is 12.7. The van der Waals surface area contributed by atoms with Crippen molar-refractivity contribution < 1.29 is 4.39 Å². The molecule has 0 nitrogen and oxygen atoms in total. The number of thiol groups is 1. The Labute approximate surface area is 71.2 Å². The summed E-state index contributed by atoms with van der Waals surface area (Å²) in [6, 6.07) is 4.78. The first kappa shape index (κ1) is 8.34. The maximum absolute atomic E-state index is 12.7. The lowest BCUT2D eigenvalue weighted by Gasteiger charge is -1.98. The molecule has 1 aromatic carbocycles. The van der Waals surface area contributed by atoms with Gasteiger partial charge >= 0.3 is 0 Å². The summed E-state index contributed by atoms with van der Waals surface area (Å²) in [5.74, 6) is 0.324. The Kier molecular flexibility index (Phi) is 2.71. The zero-order valence-electron chi connectivity index (χ0n) is 6.05. The van der Waals surface area contributed by atoms with Gasteiger partial charge in [0.05, 0.1) is 0 Å². The first-order valence-electron chi connectivity index (χ1n) is 3.29. The molecular formula is C9H9FS. The predicted molar refractivity (Wildman–Crippen MR) is 49.2 cm³/mol. The molecule has 0 saturated heterocycles. The topological polar surface area (TPSA) is 0 Å². The molecule has 0 fully saturated rings. The van der Waals surface area contributed by atoms with E-state index in [2.05, 4.69) is 19.2 Å². The molecule has 0 saturated carbocycles. The lowest BCUT2D eigenvalue weighted by molar-refractivity contribution is 0.626. The number of benzene rings is 1. The normalized spacial score (nSPS) is 9.64. The van der Waals surface area contributed by atoms with Crippen LogP contribution < -0.4 is 0 Å². The first-order valence-corrected chi connectivity index (χ1v) is 3.92. The molecule has 0 aromatic heterocycles. The second-order valence-corrected chi connectivity index (χ2v) is 2.57. The van der Waals surface area contributed by atoms with E-state index in [1.165, 1.54) is 12.1 Å². The number of rotatable bonds is 2. The van der Waals surface area contributed by atoms with Crippen molar-refractivity contribution in [3.63, 3.8) is 0 Å². The van der Waals surface area contributed by atoms with Gasteiger partial charge in [-0.05, 0) is 23.3 Å². The Balaban J connectivity index is 3.11. The molecule has 1 rings (SSSR count). The Morgan fingerprint density at radius 3 is 2.73 bits per heavy atom. The third kappa shape index (κ3) is 2.09. The monoisotopic (exact) mass is 168 g/mol. The van der Waals surface area contributed by atoms with E-state index in [0.29, 0.717) is 5.75 Å². The summed E-state index contributed by atoms with van der Waals surface area (Å²) in [5.41, 5.74) is 1.68. The van der Waals surface area contributed by atoms with Crippen LogP contribution in [0.25, 0.3) is 6.08 Å². The lowest BCUT2D eigenvalue weighted by atomic mass is 10.1. The molecule has 0 N–H and O–H groups in total. The SMILES string of the molecule is C=Cc1cc(F)cc(CS)c1. The van der Waals surface area contributed by atoms with Crippen LogP contribution in [-0.2, 0) is 5.75 Å². The first-order chi connectivity index (χ1) is 5.26. The molecule has 0 unspecified atom stereocenters. The molecule has 0 aliphatic rings. The van der Waals surface area contributed by atoms with E-state index in [1.807, 2.05) is 6.07 Å². The van der Waals surface area contributed by atoms with Gasteiger partial charge in [0.1, 0.15) is 5.82 Å². The van der Waals surface area contributed by atoms with Crippen LogP contribution in [0.3, 0.4) is 0 Å². The minimum atomic E-state index is -0.230. The fraction of sp³-hybridized carbons (Fsp3) is 0.111. The summed E-state index contributed by atoms with van der Waals surface area (Å²) in [6.07, 6.45) is 1.62. The largest absolute Gasteiger partial charge is 0.207 e. The summed E-state index contributed by atoms with van der Waals surface area (Å²) in [7, 11) is 0. The Hall–Kier alpha value is -0.760. The van der Waals surface area contributed by atoms with Crippen LogP contribution in [0.4, 0.5) is 4.39 Å². The quantitative estimate of drug-likeness (QED) is 0.645. The van der Waals surface area contributed by atoms with Crippen LogP contribution in [0, 0.1) is 5.82 Å². The molecule has 2 heteroatoms. The summed E-state index contributed by atoms with van der Waals surface area (Å²) in [5, 5.41) is 0. The van der Waals surface area contributed by atoms with Gasteiger partial charge in [-0.2, -0.15) is 12.6 Å². The van der Waals surface area contributed by atoms with Crippen molar-refractivity contribution in [2.45, 2.75) is 5.75 Å². The fourth-order valence-corrected chi connectivity index (χ4v) is 1.07. The highest BCUT2D eigenvalue weighted by Crippen LogP contribution is 2.11. The Bertz CT molecular complexity index is 268. The smallest absolute Gasteiger partial charge is 0.124 e. The molecule has 0 amide bonds. The standard InChI is InChI=1S/C9H9FS/c1-2-7-3-8(6-11)5-9(10)4-7/h2-5,11H,1,6H2. The van der Waals surface area contributed by atoms with E-state index < -0.39 is 0 Å².